The number of aromatic nitrogens is 2. The van der Waals surface area contributed by atoms with Crippen molar-refractivity contribution in [2.75, 3.05) is 11.9 Å². The molecule has 2 rings (SSSR count). The zero-order chi connectivity index (χ0) is 13.0. The zero-order valence-corrected chi connectivity index (χ0v) is 11.8. The maximum absolute atomic E-state index is 5.96. The largest absolute Gasteiger partial charge is 0.354 e. The van der Waals surface area contributed by atoms with Crippen LogP contribution in [0.4, 0.5) is 5.95 Å². The highest BCUT2D eigenvalue weighted by Crippen LogP contribution is 2.28. The molecule has 5 heteroatoms. The number of benzene rings is 1. The van der Waals surface area contributed by atoms with E-state index in [1.807, 2.05) is 44.2 Å². The molecule has 0 saturated carbocycles. The van der Waals surface area contributed by atoms with E-state index in [4.69, 9.17) is 11.6 Å². The van der Waals surface area contributed by atoms with E-state index < -0.39 is 0 Å². The van der Waals surface area contributed by atoms with Gasteiger partial charge in [-0.25, -0.2) is 9.97 Å². The molecule has 3 nitrogen and oxygen atoms in total. The second-order valence-electron chi connectivity index (χ2n) is 3.76. The Morgan fingerprint density at radius 3 is 2.83 bits per heavy atom. The lowest BCUT2D eigenvalue weighted by molar-refractivity contribution is 0.984. The quantitative estimate of drug-likeness (QED) is 0.858. The van der Waals surface area contributed by atoms with E-state index in [1.54, 1.807) is 11.8 Å². The normalized spacial score (nSPS) is 10.4. The van der Waals surface area contributed by atoms with Crippen LogP contribution in [-0.4, -0.2) is 16.5 Å². The van der Waals surface area contributed by atoms with Gasteiger partial charge in [0.2, 0.25) is 5.95 Å². The standard InChI is InChI=1S/C13H14ClN3S/c1-3-15-13-16-9(2)7-12(17-13)18-11-6-4-5-10(14)8-11/h4-8H,3H2,1-2H3,(H,15,16,17). The Kier molecular flexibility index (Phi) is 4.44. The van der Waals surface area contributed by atoms with E-state index in [2.05, 4.69) is 15.3 Å². The van der Waals surface area contributed by atoms with Crippen LogP contribution < -0.4 is 5.32 Å². The molecule has 94 valence electrons. The van der Waals surface area contributed by atoms with Gasteiger partial charge in [0.05, 0.1) is 0 Å². The van der Waals surface area contributed by atoms with Gasteiger partial charge >= 0.3 is 0 Å². The van der Waals surface area contributed by atoms with Crippen molar-refractivity contribution in [2.45, 2.75) is 23.8 Å². The highest BCUT2D eigenvalue weighted by molar-refractivity contribution is 7.99. The fourth-order valence-electron chi connectivity index (χ4n) is 1.48. The van der Waals surface area contributed by atoms with Crippen molar-refractivity contribution in [2.24, 2.45) is 0 Å². The van der Waals surface area contributed by atoms with E-state index in [0.29, 0.717) is 5.95 Å². The number of hydrogen-bond acceptors (Lipinski definition) is 4. The van der Waals surface area contributed by atoms with E-state index in [-0.39, 0.29) is 0 Å². The summed E-state index contributed by atoms with van der Waals surface area (Å²) in [4.78, 5) is 9.84. The molecule has 0 spiro atoms. The molecule has 0 aliphatic heterocycles. The Bertz CT molecular complexity index is 546. The molecule has 1 heterocycles. The fraction of sp³-hybridized carbons (Fsp3) is 0.231. The number of rotatable bonds is 4. The van der Waals surface area contributed by atoms with Gasteiger partial charge in [-0.1, -0.05) is 29.4 Å². The van der Waals surface area contributed by atoms with Crippen LogP contribution in [0.25, 0.3) is 0 Å². The summed E-state index contributed by atoms with van der Waals surface area (Å²) >= 11 is 7.55. The van der Waals surface area contributed by atoms with E-state index in [1.165, 1.54) is 0 Å². The summed E-state index contributed by atoms with van der Waals surface area (Å²) in [7, 11) is 0. The highest BCUT2D eigenvalue weighted by atomic mass is 35.5. The van der Waals surface area contributed by atoms with Crippen molar-refractivity contribution >= 4 is 29.3 Å². The molecule has 0 atom stereocenters. The maximum Gasteiger partial charge on any atom is 0.223 e. The summed E-state index contributed by atoms with van der Waals surface area (Å²) in [6, 6.07) is 9.70. The third kappa shape index (κ3) is 3.62. The molecule has 0 aliphatic carbocycles. The number of nitrogens with zero attached hydrogens (tertiary/aromatic N) is 2. The van der Waals surface area contributed by atoms with Crippen molar-refractivity contribution in [1.29, 1.82) is 0 Å². The van der Waals surface area contributed by atoms with Gasteiger partial charge in [-0.05, 0) is 38.1 Å². The molecule has 0 radical (unpaired) electrons. The molecule has 18 heavy (non-hydrogen) atoms. The van der Waals surface area contributed by atoms with Gasteiger partial charge < -0.3 is 5.32 Å². The van der Waals surface area contributed by atoms with Crippen molar-refractivity contribution in [1.82, 2.24) is 9.97 Å². The number of nitrogens with one attached hydrogen (secondary N) is 1. The van der Waals surface area contributed by atoms with E-state index in [9.17, 15) is 0 Å². The van der Waals surface area contributed by atoms with Gasteiger partial charge in [0.15, 0.2) is 0 Å². The highest BCUT2D eigenvalue weighted by Gasteiger charge is 2.04. The van der Waals surface area contributed by atoms with Crippen molar-refractivity contribution in [3.8, 4) is 0 Å². The number of hydrogen-bond donors (Lipinski definition) is 1. The molecule has 0 aliphatic rings. The first-order valence-corrected chi connectivity index (χ1v) is 6.90. The van der Waals surface area contributed by atoms with Gasteiger partial charge in [-0.3, -0.25) is 0 Å². The summed E-state index contributed by atoms with van der Waals surface area (Å²) < 4.78 is 0. The third-order valence-corrected chi connectivity index (χ3v) is 3.33. The van der Waals surface area contributed by atoms with Crippen LogP contribution in [0.1, 0.15) is 12.6 Å². The predicted molar refractivity (Wildman–Crippen MR) is 76.5 cm³/mol. The van der Waals surface area contributed by atoms with Crippen molar-refractivity contribution in [3.05, 3.63) is 41.0 Å². The van der Waals surface area contributed by atoms with E-state index >= 15 is 0 Å². The Morgan fingerprint density at radius 1 is 1.28 bits per heavy atom. The molecular formula is C13H14ClN3S. The van der Waals surface area contributed by atoms with Crippen molar-refractivity contribution in [3.63, 3.8) is 0 Å². The summed E-state index contributed by atoms with van der Waals surface area (Å²) in [5.74, 6) is 0.669. The Labute approximate surface area is 116 Å². The van der Waals surface area contributed by atoms with Gasteiger partial charge in [0.25, 0.3) is 0 Å². The lowest BCUT2D eigenvalue weighted by atomic mass is 10.4. The first-order valence-electron chi connectivity index (χ1n) is 5.70. The van der Waals surface area contributed by atoms with Crippen LogP contribution in [0.3, 0.4) is 0 Å². The van der Waals surface area contributed by atoms with Gasteiger partial charge in [0.1, 0.15) is 5.03 Å². The minimum absolute atomic E-state index is 0.669. The van der Waals surface area contributed by atoms with Crippen LogP contribution in [0.2, 0.25) is 5.02 Å². The molecule has 1 aromatic heterocycles. The van der Waals surface area contributed by atoms with Crippen LogP contribution in [0.15, 0.2) is 40.3 Å². The summed E-state index contributed by atoms with van der Waals surface area (Å²) in [5, 5.41) is 4.78. The van der Waals surface area contributed by atoms with Gasteiger partial charge in [0, 0.05) is 22.2 Å². The van der Waals surface area contributed by atoms with Gasteiger partial charge in [-0.15, -0.1) is 0 Å². The molecule has 0 saturated heterocycles. The lowest BCUT2D eigenvalue weighted by Crippen LogP contribution is -2.03. The second-order valence-corrected chi connectivity index (χ2v) is 5.29. The summed E-state index contributed by atoms with van der Waals surface area (Å²) in [6.07, 6.45) is 0. The van der Waals surface area contributed by atoms with Crippen LogP contribution in [0, 0.1) is 6.92 Å². The average molecular weight is 280 g/mol. The van der Waals surface area contributed by atoms with Crippen LogP contribution in [0.5, 0.6) is 0 Å². The predicted octanol–water partition coefficient (Wildman–Crippen LogP) is 4.02. The molecule has 1 aromatic carbocycles. The Balaban J connectivity index is 2.23. The first-order chi connectivity index (χ1) is 8.67. The fourth-order valence-corrected chi connectivity index (χ4v) is 2.67. The summed E-state index contributed by atoms with van der Waals surface area (Å²) in [5.41, 5.74) is 0.950. The third-order valence-electron chi connectivity index (χ3n) is 2.18. The smallest absolute Gasteiger partial charge is 0.223 e. The maximum atomic E-state index is 5.96. The Morgan fingerprint density at radius 2 is 2.11 bits per heavy atom. The number of aryl methyl sites for hydroxylation is 1. The molecule has 1 N–H and O–H groups in total. The number of anilines is 1. The SMILES string of the molecule is CCNc1nc(C)cc(Sc2cccc(Cl)c2)n1. The summed E-state index contributed by atoms with van der Waals surface area (Å²) in [6.45, 7) is 4.80. The molecular weight excluding hydrogens is 266 g/mol. The van der Waals surface area contributed by atoms with Gasteiger partial charge in [-0.2, -0.15) is 0 Å². The Hall–Kier alpha value is -1.26. The number of halogens is 1. The van der Waals surface area contributed by atoms with E-state index in [0.717, 1.165) is 27.2 Å². The first kappa shape index (κ1) is 13.2. The molecule has 2 aromatic rings. The lowest BCUT2D eigenvalue weighted by Gasteiger charge is -2.06. The zero-order valence-electron chi connectivity index (χ0n) is 10.3. The van der Waals surface area contributed by atoms with Crippen molar-refractivity contribution < 1.29 is 0 Å². The average Bonchev–Trinajstić information content (AvgIpc) is 2.28. The minimum Gasteiger partial charge on any atom is -0.354 e. The minimum atomic E-state index is 0.669. The molecule has 0 unspecified atom stereocenters. The van der Waals surface area contributed by atoms with Crippen LogP contribution in [-0.2, 0) is 0 Å². The molecule has 0 amide bonds. The molecule has 0 bridgehead atoms. The monoisotopic (exact) mass is 279 g/mol. The van der Waals surface area contributed by atoms with Crippen LogP contribution >= 0.6 is 23.4 Å². The second kappa shape index (κ2) is 6.07. The topological polar surface area (TPSA) is 37.8 Å². The molecule has 0 fully saturated rings.